The van der Waals surface area contributed by atoms with Gasteiger partial charge in [0.2, 0.25) is 0 Å². The minimum atomic E-state index is -0.429. The highest BCUT2D eigenvalue weighted by Crippen LogP contribution is 2.28. The molecule has 1 aliphatic heterocycles. The molecular weight excluding hydrogens is 372 g/mol. The number of furan rings is 1. The summed E-state index contributed by atoms with van der Waals surface area (Å²) in [5.41, 5.74) is 2.02. The molecule has 0 aliphatic carbocycles. The predicted molar refractivity (Wildman–Crippen MR) is 101 cm³/mol. The summed E-state index contributed by atoms with van der Waals surface area (Å²) < 4.78 is 5.81. The standard InChI is InChI=1S/C19H9ClN2O3S/c20-14-5-2-11(3-6-14)1-4-12-9-21-10-13-7-15(25-17(12)13)8-16-18(23)22-19(24)26-16/h2-3,5-10H,(H,22,23,24)/b16-8+. The van der Waals surface area contributed by atoms with Gasteiger partial charge in [0.15, 0.2) is 5.58 Å². The van der Waals surface area contributed by atoms with Gasteiger partial charge in [-0.2, -0.15) is 0 Å². The fourth-order valence-electron chi connectivity index (χ4n) is 2.37. The van der Waals surface area contributed by atoms with Gasteiger partial charge >= 0.3 is 0 Å². The molecule has 4 rings (SSSR count). The van der Waals surface area contributed by atoms with Crippen molar-refractivity contribution in [3.8, 4) is 11.8 Å². The molecule has 0 spiro atoms. The number of nitrogens with one attached hydrogen (secondary N) is 1. The van der Waals surface area contributed by atoms with Crippen molar-refractivity contribution < 1.29 is 14.0 Å². The van der Waals surface area contributed by atoms with Crippen molar-refractivity contribution in [1.29, 1.82) is 0 Å². The first-order valence-corrected chi connectivity index (χ1v) is 8.68. The Hall–Kier alpha value is -3.01. The molecule has 1 N–H and O–H groups in total. The van der Waals surface area contributed by atoms with Crippen LogP contribution in [0, 0.1) is 11.8 Å². The van der Waals surface area contributed by atoms with Crippen LogP contribution in [0.1, 0.15) is 16.9 Å². The molecule has 0 bridgehead atoms. The Labute approximate surface area is 157 Å². The van der Waals surface area contributed by atoms with Gasteiger partial charge in [-0.1, -0.05) is 23.4 Å². The third kappa shape index (κ3) is 3.36. The summed E-state index contributed by atoms with van der Waals surface area (Å²) in [7, 11) is 0. The second-order valence-corrected chi connectivity index (χ2v) is 6.81. The van der Waals surface area contributed by atoms with E-state index >= 15 is 0 Å². The Kier molecular flexibility index (Phi) is 4.25. The quantitative estimate of drug-likeness (QED) is 0.506. The van der Waals surface area contributed by atoms with Crippen LogP contribution in [-0.4, -0.2) is 16.1 Å². The van der Waals surface area contributed by atoms with Crippen molar-refractivity contribution in [3.63, 3.8) is 0 Å². The van der Waals surface area contributed by atoms with Crippen LogP contribution >= 0.6 is 23.4 Å². The number of pyridine rings is 1. The first-order valence-electron chi connectivity index (χ1n) is 7.48. The molecular formula is C19H9ClN2O3S. The lowest BCUT2D eigenvalue weighted by atomic mass is 10.2. The lowest BCUT2D eigenvalue weighted by molar-refractivity contribution is -0.115. The second-order valence-electron chi connectivity index (χ2n) is 5.36. The maximum Gasteiger partial charge on any atom is 0.290 e. The molecule has 2 aromatic heterocycles. The number of nitrogens with zero attached hydrogens (tertiary/aromatic N) is 1. The summed E-state index contributed by atoms with van der Waals surface area (Å²) >= 11 is 6.71. The van der Waals surface area contributed by atoms with E-state index in [-0.39, 0.29) is 4.91 Å². The van der Waals surface area contributed by atoms with E-state index in [1.807, 2.05) is 12.1 Å². The lowest BCUT2D eigenvalue weighted by Crippen LogP contribution is -2.17. The summed E-state index contributed by atoms with van der Waals surface area (Å²) in [6.07, 6.45) is 4.80. The highest BCUT2D eigenvalue weighted by Gasteiger charge is 2.25. The molecule has 1 fully saturated rings. The molecule has 2 amide bonds. The Bertz CT molecular complexity index is 1140. The summed E-state index contributed by atoms with van der Waals surface area (Å²) in [5.74, 6) is 6.10. The van der Waals surface area contributed by atoms with Crippen molar-refractivity contribution in [2.75, 3.05) is 0 Å². The molecule has 0 atom stereocenters. The van der Waals surface area contributed by atoms with Gasteiger partial charge in [-0.3, -0.25) is 19.9 Å². The summed E-state index contributed by atoms with van der Waals surface area (Å²) in [6.45, 7) is 0. The highest BCUT2D eigenvalue weighted by molar-refractivity contribution is 8.18. The van der Waals surface area contributed by atoms with Crippen molar-refractivity contribution in [2.24, 2.45) is 0 Å². The van der Waals surface area contributed by atoms with E-state index in [0.717, 1.165) is 22.7 Å². The number of carbonyl (C=O) groups excluding carboxylic acids is 2. The maximum atomic E-state index is 11.6. The number of amides is 2. The zero-order valence-electron chi connectivity index (χ0n) is 13.1. The molecule has 126 valence electrons. The SMILES string of the molecule is O=C1NC(=O)/C(=C\c2cc3cncc(C#Cc4ccc(Cl)cc4)c3o2)S1. The molecule has 26 heavy (non-hydrogen) atoms. The zero-order valence-corrected chi connectivity index (χ0v) is 14.6. The molecule has 1 saturated heterocycles. The van der Waals surface area contributed by atoms with Crippen molar-refractivity contribution in [2.45, 2.75) is 0 Å². The minimum absolute atomic E-state index is 0.288. The van der Waals surface area contributed by atoms with Crippen molar-refractivity contribution in [3.05, 3.63) is 69.5 Å². The number of thioether (sulfide) groups is 1. The summed E-state index contributed by atoms with van der Waals surface area (Å²) in [4.78, 5) is 27.3. The van der Waals surface area contributed by atoms with Crippen LogP contribution in [0.3, 0.4) is 0 Å². The third-order valence-electron chi connectivity index (χ3n) is 3.54. The van der Waals surface area contributed by atoms with Crippen LogP contribution in [0.25, 0.3) is 17.0 Å². The molecule has 0 radical (unpaired) electrons. The Morgan fingerprint density at radius 2 is 1.96 bits per heavy atom. The number of halogens is 1. The Morgan fingerprint density at radius 1 is 1.15 bits per heavy atom. The van der Waals surface area contributed by atoms with Crippen LogP contribution in [0.5, 0.6) is 0 Å². The van der Waals surface area contributed by atoms with E-state index in [2.05, 4.69) is 22.1 Å². The van der Waals surface area contributed by atoms with Gasteiger partial charge in [-0.05, 0) is 42.1 Å². The molecule has 1 aliphatic rings. The highest BCUT2D eigenvalue weighted by atomic mass is 35.5. The average molecular weight is 381 g/mol. The number of aromatic nitrogens is 1. The number of hydrogen-bond donors (Lipinski definition) is 1. The van der Waals surface area contributed by atoms with Crippen LogP contribution in [-0.2, 0) is 4.79 Å². The fraction of sp³-hybridized carbons (Fsp3) is 0. The normalized spacial score (nSPS) is 15.2. The number of imide groups is 1. The second kappa shape index (κ2) is 6.71. The van der Waals surface area contributed by atoms with Crippen LogP contribution < -0.4 is 5.32 Å². The van der Waals surface area contributed by atoms with E-state index < -0.39 is 11.1 Å². The van der Waals surface area contributed by atoms with Gasteiger partial charge in [0.25, 0.3) is 11.1 Å². The number of benzene rings is 1. The van der Waals surface area contributed by atoms with Gasteiger partial charge in [0.05, 0.1) is 10.5 Å². The monoisotopic (exact) mass is 380 g/mol. The van der Waals surface area contributed by atoms with E-state index in [4.69, 9.17) is 16.0 Å². The first kappa shape index (κ1) is 16.5. The smallest absolute Gasteiger partial charge is 0.290 e. The number of carbonyl (C=O) groups is 2. The maximum absolute atomic E-state index is 11.6. The molecule has 3 heterocycles. The molecule has 3 aromatic rings. The van der Waals surface area contributed by atoms with Gasteiger partial charge in [-0.15, -0.1) is 0 Å². The van der Waals surface area contributed by atoms with E-state index in [1.54, 1.807) is 30.6 Å². The van der Waals surface area contributed by atoms with E-state index in [9.17, 15) is 9.59 Å². The van der Waals surface area contributed by atoms with Crippen LogP contribution in [0.4, 0.5) is 4.79 Å². The van der Waals surface area contributed by atoms with Crippen LogP contribution in [0.2, 0.25) is 5.02 Å². The van der Waals surface area contributed by atoms with Crippen molar-refractivity contribution in [1.82, 2.24) is 10.3 Å². The Balaban J connectivity index is 1.70. The zero-order chi connectivity index (χ0) is 18.1. The Morgan fingerprint density at radius 3 is 2.69 bits per heavy atom. The number of fused-ring (bicyclic) bond motifs is 1. The predicted octanol–water partition coefficient (Wildman–Crippen LogP) is 4.20. The van der Waals surface area contributed by atoms with Crippen LogP contribution in [0.15, 0.2) is 52.0 Å². The average Bonchev–Trinajstić information content (AvgIpc) is 3.17. The van der Waals surface area contributed by atoms with Gasteiger partial charge < -0.3 is 4.42 Å². The fourth-order valence-corrected chi connectivity index (χ4v) is 3.15. The van der Waals surface area contributed by atoms with Gasteiger partial charge in [-0.25, -0.2) is 0 Å². The molecule has 0 saturated carbocycles. The topological polar surface area (TPSA) is 72.2 Å². The molecule has 0 unspecified atom stereocenters. The largest absolute Gasteiger partial charge is 0.455 e. The molecule has 1 aromatic carbocycles. The van der Waals surface area contributed by atoms with Crippen molar-refractivity contribution >= 4 is 51.6 Å². The van der Waals surface area contributed by atoms with Gasteiger partial charge in [0.1, 0.15) is 5.76 Å². The molecule has 5 nitrogen and oxygen atoms in total. The first-order chi connectivity index (χ1) is 12.6. The molecule has 7 heteroatoms. The van der Waals surface area contributed by atoms with E-state index in [0.29, 0.717) is 21.9 Å². The third-order valence-corrected chi connectivity index (χ3v) is 4.61. The number of hydrogen-bond acceptors (Lipinski definition) is 5. The lowest BCUT2D eigenvalue weighted by Gasteiger charge is -1.93. The minimum Gasteiger partial charge on any atom is -0.455 e. The van der Waals surface area contributed by atoms with E-state index in [1.165, 1.54) is 6.08 Å². The summed E-state index contributed by atoms with van der Waals surface area (Å²) in [5, 5.41) is 3.22. The summed E-state index contributed by atoms with van der Waals surface area (Å²) in [6, 6.07) is 8.95. The number of rotatable bonds is 1. The van der Waals surface area contributed by atoms with Gasteiger partial charge in [0, 0.05) is 34.4 Å².